The fourth-order valence-electron chi connectivity index (χ4n) is 6.32. The van der Waals surface area contributed by atoms with Crippen LogP contribution in [0.1, 0.15) is 143 Å². The van der Waals surface area contributed by atoms with E-state index < -0.39 is 61.4 Å². The van der Waals surface area contributed by atoms with Crippen molar-refractivity contribution in [2.24, 2.45) is 5.92 Å². The first kappa shape index (κ1) is 50.2. The van der Waals surface area contributed by atoms with Gasteiger partial charge in [0.25, 0.3) is 0 Å². The summed E-state index contributed by atoms with van der Waals surface area (Å²) >= 11 is 0. The van der Waals surface area contributed by atoms with E-state index in [9.17, 15) is 35.1 Å². The van der Waals surface area contributed by atoms with Gasteiger partial charge in [0.2, 0.25) is 0 Å². The summed E-state index contributed by atoms with van der Waals surface area (Å²) in [5.41, 5.74) is 0. The highest BCUT2D eigenvalue weighted by atomic mass is 16.7. The van der Waals surface area contributed by atoms with Crippen molar-refractivity contribution in [3.63, 3.8) is 0 Å². The van der Waals surface area contributed by atoms with Gasteiger partial charge in [0.1, 0.15) is 24.4 Å². The minimum Gasteiger partial charge on any atom is -0.481 e. The Balaban J connectivity index is 2.61. The largest absolute Gasteiger partial charge is 0.481 e. The number of hydrogen-bond donors (Lipinski definition) is 5. The van der Waals surface area contributed by atoms with Gasteiger partial charge in [0.05, 0.1) is 24.7 Å². The van der Waals surface area contributed by atoms with Crippen molar-refractivity contribution in [3.05, 3.63) is 72.9 Å². The summed E-state index contributed by atoms with van der Waals surface area (Å²) in [4.78, 5) is 25.3. The molecule has 0 saturated carbocycles. The number of aliphatic carboxylic acids is 1. The lowest BCUT2D eigenvalue weighted by molar-refractivity contribution is -0.315. The normalized spacial score (nSPS) is 22.6. The quantitative estimate of drug-likeness (QED) is 0.0254. The molecular weight excluding hydrogens is 700 g/mol. The number of rotatable bonds is 32. The average Bonchev–Trinajstić information content (AvgIpc) is 3.16. The molecule has 0 aromatic rings. The Labute approximate surface area is 331 Å². The molecular formula is C45H74O10. The van der Waals surface area contributed by atoms with Gasteiger partial charge in [-0.25, -0.2) is 0 Å². The van der Waals surface area contributed by atoms with Crippen LogP contribution >= 0.6 is 0 Å². The van der Waals surface area contributed by atoms with Crippen LogP contribution in [-0.2, 0) is 23.8 Å². The second-order valence-electron chi connectivity index (χ2n) is 14.4. The Bertz CT molecular complexity index is 1160. The van der Waals surface area contributed by atoms with E-state index in [0.29, 0.717) is 19.3 Å². The Morgan fingerprint density at radius 1 is 0.655 bits per heavy atom. The standard InChI is InChI=1S/C45H74O10/c1-4-6-8-10-12-14-16-18-19-21-23-25-27-29-31-33-40(47)53-36(3)34-37(44(51)52)38(54-45-43(50)42(49)41(48)39(35-46)55-45)32-30-28-26-24-22-20-17-15-13-11-9-7-5-2/h6-9,12-15,18-20,22,36-39,41-43,45-46,48-50H,4-5,10-11,16-17,21,23-35H2,1-3H3,(H,51,52)/b8-6-,9-7-,14-12-,15-13-,19-18-,22-20-/t36?,37?,38?,39-,41+,42+,43-,45-/m1/s1. The van der Waals surface area contributed by atoms with E-state index in [1.807, 2.05) is 0 Å². The van der Waals surface area contributed by atoms with Crippen molar-refractivity contribution in [2.75, 3.05) is 6.61 Å². The number of esters is 1. The zero-order valence-electron chi connectivity index (χ0n) is 34.0. The summed E-state index contributed by atoms with van der Waals surface area (Å²) in [5.74, 6) is -2.63. The van der Waals surface area contributed by atoms with Crippen LogP contribution in [-0.4, -0.2) is 87.0 Å². The number of ether oxygens (including phenoxy) is 3. The molecule has 0 aromatic carbocycles. The van der Waals surface area contributed by atoms with Crippen LogP contribution in [0, 0.1) is 5.92 Å². The zero-order chi connectivity index (χ0) is 40.5. The number of unbranched alkanes of at least 4 members (excludes halogenated alkanes) is 8. The lowest BCUT2D eigenvalue weighted by atomic mass is 9.91. The molecule has 8 atom stereocenters. The van der Waals surface area contributed by atoms with Crippen LogP contribution in [0.2, 0.25) is 0 Å². The predicted molar refractivity (Wildman–Crippen MR) is 219 cm³/mol. The molecule has 0 aromatic heterocycles. The van der Waals surface area contributed by atoms with Gasteiger partial charge in [-0.15, -0.1) is 0 Å². The van der Waals surface area contributed by atoms with Crippen LogP contribution < -0.4 is 0 Å². The van der Waals surface area contributed by atoms with E-state index in [0.717, 1.165) is 89.9 Å². The minimum absolute atomic E-state index is 0.0210. The summed E-state index contributed by atoms with van der Waals surface area (Å²) < 4.78 is 17.2. The molecule has 0 amide bonds. The van der Waals surface area contributed by atoms with Crippen molar-refractivity contribution in [3.8, 4) is 0 Å². The van der Waals surface area contributed by atoms with Crippen LogP contribution in [0.25, 0.3) is 0 Å². The van der Waals surface area contributed by atoms with E-state index in [1.54, 1.807) is 6.92 Å². The fraction of sp³-hybridized carbons (Fsp3) is 0.689. The number of hydrogen-bond acceptors (Lipinski definition) is 9. The molecule has 1 fully saturated rings. The average molecular weight is 775 g/mol. The van der Waals surface area contributed by atoms with Crippen LogP contribution in [0.4, 0.5) is 0 Å². The van der Waals surface area contributed by atoms with Crippen molar-refractivity contribution in [2.45, 2.75) is 186 Å². The van der Waals surface area contributed by atoms with Gasteiger partial charge in [-0.2, -0.15) is 0 Å². The third-order valence-electron chi connectivity index (χ3n) is 9.51. The molecule has 5 N–H and O–H groups in total. The maximum atomic E-state index is 12.7. The second-order valence-corrected chi connectivity index (χ2v) is 14.4. The number of carbonyl (C=O) groups is 2. The van der Waals surface area contributed by atoms with Crippen molar-refractivity contribution < 1.29 is 49.3 Å². The SMILES string of the molecule is CC/C=C\C/C=C\C/C=C\CCCCCCCC(=O)OC(C)CC(C(=O)O)C(CCCCC/C=C\C/C=C\C/C=C\CC)O[C@@H]1O[C@H](CO)[C@H](O)[C@H](O)[C@H]1O. The van der Waals surface area contributed by atoms with Gasteiger partial charge in [-0.1, -0.05) is 119 Å². The predicted octanol–water partition coefficient (Wildman–Crippen LogP) is 8.59. The molecule has 10 heteroatoms. The number of carboxylic acid groups (broad SMARTS) is 1. The lowest BCUT2D eigenvalue weighted by Gasteiger charge is -2.41. The highest BCUT2D eigenvalue weighted by Crippen LogP contribution is 2.29. The summed E-state index contributed by atoms with van der Waals surface area (Å²) in [6.45, 7) is 5.28. The maximum Gasteiger partial charge on any atom is 0.309 e. The van der Waals surface area contributed by atoms with Gasteiger partial charge >= 0.3 is 11.9 Å². The summed E-state index contributed by atoms with van der Waals surface area (Å²) in [6, 6.07) is 0. The van der Waals surface area contributed by atoms with Crippen molar-refractivity contribution >= 4 is 11.9 Å². The Hall–Kier alpha value is -2.86. The summed E-state index contributed by atoms with van der Waals surface area (Å²) in [7, 11) is 0. The van der Waals surface area contributed by atoms with Crippen LogP contribution in [0.5, 0.6) is 0 Å². The first-order valence-corrected chi connectivity index (χ1v) is 20.9. The molecule has 3 unspecified atom stereocenters. The molecule has 1 saturated heterocycles. The highest BCUT2D eigenvalue weighted by Gasteiger charge is 2.46. The Morgan fingerprint density at radius 2 is 1.15 bits per heavy atom. The highest BCUT2D eigenvalue weighted by molar-refractivity contribution is 5.71. The van der Waals surface area contributed by atoms with Gasteiger partial charge in [-0.3, -0.25) is 9.59 Å². The van der Waals surface area contributed by atoms with Gasteiger partial charge < -0.3 is 39.7 Å². The van der Waals surface area contributed by atoms with Crippen molar-refractivity contribution in [1.82, 2.24) is 0 Å². The summed E-state index contributed by atoms with van der Waals surface area (Å²) in [5, 5.41) is 51.1. The first-order valence-electron chi connectivity index (χ1n) is 20.9. The molecule has 0 radical (unpaired) electrons. The molecule has 10 nitrogen and oxygen atoms in total. The van der Waals surface area contributed by atoms with Crippen LogP contribution in [0.3, 0.4) is 0 Å². The molecule has 1 aliphatic rings. The fourth-order valence-corrected chi connectivity index (χ4v) is 6.32. The molecule has 0 bridgehead atoms. The molecule has 1 heterocycles. The number of allylic oxidation sites excluding steroid dienone is 12. The third-order valence-corrected chi connectivity index (χ3v) is 9.51. The Kier molecular flexibility index (Phi) is 30.4. The first-order chi connectivity index (χ1) is 26.7. The minimum atomic E-state index is -1.66. The van der Waals surface area contributed by atoms with E-state index in [2.05, 4.69) is 86.8 Å². The van der Waals surface area contributed by atoms with E-state index in [1.165, 1.54) is 0 Å². The third kappa shape index (κ3) is 24.4. The topological polar surface area (TPSA) is 163 Å². The van der Waals surface area contributed by atoms with Gasteiger partial charge in [-0.05, 0) is 90.4 Å². The van der Waals surface area contributed by atoms with E-state index in [4.69, 9.17) is 14.2 Å². The summed E-state index contributed by atoms with van der Waals surface area (Å²) in [6.07, 6.45) is 32.3. The maximum absolute atomic E-state index is 12.7. The van der Waals surface area contributed by atoms with Crippen molar-refractivity contribution in [1.29, 1.82) is 0 Å². The van der Waals surface area contributed by atoms with E-state index in [-0.39, 0.29) is 18.8 Å². The molecule has 1 rings (SSSR count). The molecule has 0 spiro atoms. The second kappa shape index (κ2) is 33.3. The number of carbonyl (C=O) groups excluding carboxylic acids is 1. The molecule has 0 aliphatic carbocycles. The molecule has 1 aliphatic heterocycles. The number of aliphatic hydroxyl groups is 4. The Morgan fingerprint density at radius 3 is 1.67 bits per heavy atom. The van der Waals surface area contributed by atoms with Gasteiger partial charge in [0.15, 0.2) is 6.29 Å². The molecule has 55 heavy (non-hydrogen) atoms. The smallest absolute Gasteiger partial charge is 0.309 e. The number of aliphatic hydroxyl groups excluding tert-OH is 4. The lowest BCUT2D eigenvalue weighted by Crippen LogP contribution is -2.60. The number of carboxylic acids is 1. The monoisotopic (exact) mass is 775 g/mol. The van der Waals surface area contributed by atoms with E-state index >= 15 is 0 Å². The van der Waals surface area contributed by atoms with Gasteiger partial charge in [0, 0.05) is 6.42 Å². The zero-order valence-corrected chi connectivity index (χ0v) is 34.0. The van der Waals surface area contributed by atoms with Crippen LogP contribution in [0.15, 0.2) is 72.9 Å². The molecule has 314 valence electrons.